The molecule has 8 nitrogen and oxygen atoms in total. The predicted molar refractivity (Wildman–Crippen MR) is 113 cm³/mol. The van der Waals surface area contributed by atoms with Crippen molar-refractivity contribution in [3.8, 4) is 11.6 Å². The van der Waals surface area contributed by atoms with Crippen LogP contribution in [0.25, 0.3) is 0 Å². The summed E-state index contributed by atoms with van der Waals surface area (Å²) in [4.78, 5) is 31.0. The number of rotatable bonds is 7. The van der Waals surface area contributed by atoms with Gasteiger partial charge in [0.05, 0.1) is 13.7 Å². The zero-order valence-electron chi connectivity index (χ0n) is 18.3. The van der Waals surface area contributed by atoms with Gasteiger partial charge in [-0.1, -0.05) is 12.1 Å². The maximum Gasteiger partial charge on any atom is 0.272 e. The Labute approximate surface area is 190 Å². The summed E-state index contributed by atoms with van der Waals surface area (Å²) in [5.74, 6) is 0.0101. The molecule has 1 aliphatic carbocycles. The highest BCUT2D eigenvalue weighted by Crippen LogP contribution is 2.43. The van der Waals surface area contributed by atoms with Crippen LogP contribution in [0.3, 0.4) is 0 Å². The van der Waals surface area contributed by atoms with Crippen LogP contribution in [0.1, 0.15) is 35.3 Å². The van der Waals surface area contributed by atoms with Crippen molar-refractivity contribution in [2.75, 3.05) is 33.6 Å². The highest BCUT2D eigenvalue weighted by molar-refractivity contribution is 5.92. The second-order valence-electron chi connectivity index (χ2n) is 8.55. The highest BCUT2D eigenvalue weighted by Gasteiger charge is 2.51. The number of carbonyl (C=O) groups is 2. The zero-order valence-corrected chi connectivity index (χ0v) is 18.3. The van der Waals surface area contributed by atoms with Crippen LogP contribution in [0.2, 0.25) is 0 Å². The molecule has 0 bridgehead atoms. The van der Waals surface area contributed by atoms with Gasteiger partial charge < -0.3 is 23.8 Å². The summed E-state index contributed by atoms with van der Waals surface area (Å²) in [7, 11) is 1.43. The van der Waals surface area contributed by atoms with Gasteiger partial charge >= 0.3 is 0 Å². The molecule has 9 heteroatoms. The molecule has 2 aliphatic heterocycles. The second kappa shape index (κ2) is 8.72. The zero-order chi connectivity index (χ0) is 23.0. The predicted octanol–water partition coefficient (Wildman–Crippen LogP) is 2.70. The molecular formula is C24H25FN2O6. The van der Waals surface area contributed by atoms with Gasteiger partial charge in [-0.25, -0.2) is 9.37 Å². The fraction of sp³-hybridized carbons (Fsp3) is 0.458. The number of aromatic nitrogens is 1. The van der Waals surface area contributed by atoms with E-state index >= 15 is 0 Å². The number of nitrogens with zero attached hydrogens (tertiary/aromatic N) is 2. The van der Waals surface area contributed by atoms with E-state index in [2.05, 4.69) is 4.98 Å². The molecule has 3 fully saturated rings. The maximum absolute atomic E-state index is 13.8. The van der Waals surface area contributed by atoms with Gasteiger partial charge in [0.1, 0.15) is 36.6 Å². The second-order valence-corrected chi connectivity index (χ2v) is 8.55. The first kappa shape index (κ1) is 21.8. The van der Waals surface area contributed by atoms with E-state index in [1.807, 2.05) is 6.07 Å². The number of fused-ring (bicyclic) bond motifs is 1. The fourth-order valence-electron chi connectivity index (χ4n) is 4.46. The van der Waals surface area contributed by atoms with Gasteiger partial charge in [-0.3, -0.25) is 9.59 Å². The van der Waals surface area contributed by atoms with Gasteiger partial charge in [-0.15, -0.1) is 0 Å². The van der Waals surface area contributed by atoms with Gasteiger partial charge in [-0.05, 0) is 42.7 Å². The lowest BCUT2D eigenvalue weighted by molar-refractivity contribution is -0.122. The van der Waals surface area contributed by atoms with Crippen LogP contribution in [0.15, 0.2) is 36.4 Å². The van der Waals surface area contributed by atoms with Crippen LogP contribution in [0.4, 0.5) is 4.39 Å². The first-order valence-corrected chi connectivity index (χ1v) is 11.0. The minimum atomic E-state index is -0.782. The SMILES string of the molecule is COc1nc(C(=O)N2CC[C@]3(c4cccc(F)c4)OCO[C@@H]3C2)ccc1OCC(=O)C1CC1. The van der Waals surface area contributed by atoms with E-state index in [9.17, 15) is 14.0 Å². The number of benzene rings is 1. The Morgan fingerprint density at radius 3 is 2.88 bits per heavy atom. The number of carbonyl (C=O) groups excluding carboxylic acids is 2. The molecule has 0 spiro atoms. The Kier molecular flexibility index (Phi) is 5.76. The average molecular weight is 456 g/mol. The lowest BCUT2D eigenvalue weighted by Gasteiger charge is -2.41. The minimum absolute atomic E-state index is 0.0384. The summed E-state index contributed by atoms with van der Waals surface area (Å²) in [5, 5.41) is 0. The number of amides is 1. The molecular weight excluding hydrogens is 431 g/mol. The summed E-state index contributed by atoms with van der Waals surface area (Å²) in [6.45, 7) is 0.727. The van der Waals surface area contributed by atoms with Crippen molar-refractivity contribution < 1.29 is 32.9 Å². The largest absolute Gasteiger partial charge is 0.480 e. The van der Waals surface area contributed by atoms with Gasteiger partial charge in [0.15, 0.2) is 11.5 Å². The number of piperidine rings is 1. The molecule has 2 saturated heterocycles. The molecule has 0 radical (unpaired) electrons. The third kappa shape index (κ3) is 4.18. The number of pyridine rings is 1. The Morgan fingerprint density at radius 1 is 1.27 bits per heavy atom. The lowest BCUT2D eigenvalue weighted by atomic mass is 9.82. The number of hydrogen-bond acceptors (Lipinski definition) is 7. The molecule has 0 N–H and O–H groups in total. The van der Waals surface area contributed by atoms with Crippen LogP contribution < -0.4 is 9.47 Å². The van der Waals surface area contributed by atoms with E-state index in [1.165, 1.54) is 19.2 Å². The van der Waals surface area contributed by atoms with Crippen molar-refractivity contribution in [1.82, 2.24) is 9.88 Å². The number of hydrogen-bond donors (Lipinski definition) is 0. The summed E-state index contributed by atoms with van der Waals surface area (Å²) >= 11 is 0. The van der Waals surface area contributed by atoms with Crippen molar-refractivity contribution in [1.29, 1.82) is 0 Å². The number of likely N-dealkylation sites (tertiary alicyclic amines) is 1. The summed E-state index contributed by atoms with van der Waals surface area (Å²) < 4.78 is 36.4. The minimum Gasteiger partial charge on any atom is -0.480 e. The molecule has 0 unspecified atom stereocenters. The smallest absolute Gasteiger partial charge is 0.272 e. The number of ketones is 1. The monoisotopic (exact) mass is 456 g/mol. The summed E-state index contributed by atoms with van der Waals surface area (Å²) in [5.41, 5.74) is 0.125. The maximum atomic E-state index is 13.8. The number of ether oxygens (including phenoxy) is 4. The van der Waals surface area contributed by atoms with E-state index in [4.69, 9.17) is 18.9 Å². The van der Waals surface area contributed by atoms with Gasteiger partial charge in [-0.2, -0.15) is 0 Å². The van der Waals surface area contributed by atoms with E-state index in [-0.39, 0.29) is 54.9 Å². The van der Waals surface area contributed by atoms with Crippen LogP contribution in [-0.4, -0.2) is 61.3 Å². The fourth-order valence-corrected chi connectivity index (χ4v) is 4.46. The van der Waals surface area contributed by atoms with Crippen molar-refractivity contribution in [2.45, 2.75) is 31.0 Å². The topological polar surface area (TPSA) is 87.2 Å². The Morgan fingerprint density at radius 2 is 2.12 bits per heavy atom. The average Bonchev–Trinajstić information content (AvgIpc) is 3.60. The molecule has 33 heavy (non-hydrogen) atoms. The first-order valence-electron chi connectivity index (χ1n) is 11.0. The third-order valence-corrected chi connectivity index (χ3v) is 6.49. The molecule has 3 aliphatic rings. The third-order valence-electron chi connectivity index (χ3n) is 6.49. The van der Waals surface area contributed by atoms with Crippen molar-refractivity contribution in [3.63, 3.8) is 0 Å². The normalized spacial score (nSPS) is 24.3. The van der Waals surface area contributed by atoms with Crippen LogP contribution in [-0.2, 0) is 19.9 Å². The van der Waals surface area contributed by atoms with Crippen LogP contribution in [0.5, 0.6) is 11.6 Å². The molecule has 174 valence electrons. The van der Waals surface area contributed by atoms with Crippen molar-refractivity contribution in [3.05, 3.63) is 53.5 Å². The summed E-state index contributed by atoms with van der Waals surface area (Å²) in [6.07, 6.45) is 1.87. The molecule has 1 saturated carbocycles. The van der Waals surface area contributed by atoms with E-state index in [1.54, 1.807) is 23.1 Å². The highest BCUT2D eigenvalue weighted by atomic mass is 19.1. The molecule has 1 aromatic carbocycles. The summed E-state index contributed by atoms with van der Waals surface area (Å²) in [6, 6.07) is 9.46. The standard InChI is InChI=1S/C24H25FN2O6/c1-30-22-20(31-13-19(28)15-5-6-15)8-7-18(26-22)23(29)27-10-9-24(21(12-27)32-14-33-24)16-3-2-4-17(25)11-16/h2-4,7-8,11,15,21H,5-6,9-10,12-14H2,1H3/t21-,24-/m1/s1. The Hall–Kier alpha value is -3.04. The van der Waals surface area contributed by atoms with Crippen LogP contribution >= 0.6 is 0 Å². The first-order chi connectivity index (χ1) is 16.0. The van der Waals surface area contributed by atoms with Gasteiger partial charge in [0.2, 0.25) is 0 Å². The van der Waals surface area contributed by atoms with Gasteiger partial charge in [0, 0.05) is 18.9 Å². The van der Waals surface area contributed by atoms with E-state index in [0.29, 0.717) is 24.3 Å². The molecule has 1 aromatic heterocycles. The van der Waals surface area contributed by atoms with E-state index < -0.39 is 11.7 Å². The van der Waals surface area contributed by atoms with Crippen molar-refractivity contribution in [2.24, 2.45) is 5.92 Å². The number of methoxy groups -OCH3 is 1. The Bertz CT molecular complexity index is 1070. The Balaban J connectivity index is 1.29. The van der Waals surface area contributed by atoms with Crippen LogP contribution in [0, 0.1) is 11.7 Å². The molecule has 2 atom stereocenters. The van der Waals surface area contributed by atoms with Gasteiger partial charge in [0.25, 0.3) is 11.8 Å². The number of halogens is 1. The molecule has 1 amide bonds. The molecule has 2 aromatic rings. The molecule has 3 heterocycles. The lowest BCUT2D eigenvalue weighted by Crippen LogP contribution is -2.53. The number of Topliss-reactive ketones (excluding diaryl/α,β-unsaturated/α-hetero) is 1. The quantitative estimate of drug-likeness (QED) is 0.633. The molecule has 5 rings (SSSR count). The van der Waals surface area contributed by atoms with Crippen molar-refractivity contribution >= 4 is 11.7 Å². The van der Waals surface area contributed by atoms with E-state index in [0.717, 1.165) is 12.8 Å².